The monoisotopic (exact) mass is 294 g/mol. The van der Waals surface area contributed by atoms with Crippen molar-refractivity contribution in [3.63, 3.8) is 0 Å². The van der Waals surface area contributed by atoms with Gasteiger partial charge >= 0.3 is 5.97 Å². The Hall–Kier alpha value is -0.810. The average Bonchev–Trinajstić information content (AvgIpc) is 2.79. The van der Waals surface area contributed by atoms with Crippen molar-refractivity contribution < 1.29 is 44.5 Å². The summed E-state index contributed by atoms with van der Waals surface area (Å²) in [5, 5.41) is 47.1. The number of carbonyl (C=O) groups is 1. The maximum absolute atomic E-state index is 11.1. The Balaban J connectivity index is 2.02. The number of aliphatic hydroxyl groups excluding tert-OH is 5. The summed E-state index contributed by atoms with van der Waals surface area (Å²) in [5.41, 5.74) is 0. The van der Waals surface area contributed by atoms with E-state index in [-0.39, 0.29) is 6.42 Å². The Labute approximate surface area is 114 Å². The molecule has 5 N–H and O–H groups in total. The number of aliphatic hydroxyl groups is 5. The summed E-state index contributed by atoms with van der Waals surface area (Å²) < 4.78 is 15.3. The van der Waals surface area contributed by atoms with Crippen LogP contribution in [0.4, 0.5) is 0 Å². The lowest BCUT2D eigenvalue weighted by atomic mass is 9.99. The Morgan fingerprint density at radius 1 is 1.05 bits per heavy atom. The van der Waals surface area contributed by atoms with E-state index in [2.05, 4.69) is 0 Å². The van der Waals surface area contributed by atoms with Gasteiger partial charge in [-0.2, -0.15) is 0 Å². The van der Waals surface area contributed by atoms with E-state index in [1.165, 1.54) is 0 Å². The second-order valence-electron chi connectivity index (χ2n) is 4.79. The van der Waals surface area contributed by atoms with E-state index >= 15 is 0 Å². The van der Waals surface area contributed by atoms with E-state index in [9.17, 15) is 20.1 Å². The maximum Gasteiger partial charge on any atom is 0.309 e. The van der Waals surface area contributed by atoms with Crippen molar-refractivity contribution in [3.05, 3.63) is 0 Å². The van der Waals surface area contributed by atoms with Crippen LogP contribution in [-0.4, -0.2) is 87.6 Å². The molecule has 0 radical (unpaired) electrons. The first-order valence-corrected chi connectivity index (χ1v) is 6.24. The summed E-state index contributed by atoms with van der Waals surface area (Å²) >= 11 is 0. The van der Waals surface area contributed by atoms with Crippen molar-refractivity contribution in [2.24, 2.45) is 0 Å². The predicted molar refractivity (Wildman–Crippen MR) is 60.2 cm³/mol. The first-order valence-electron chi connectivity index (χ1n) is 6.24. The van der Waals surface area contributed by atoms with Gasteiger partial charge in [0.1, 0.15) is 30.5 Å². The van der Waals surface area contributed by atoms with Crippen molar-refractivity contribution in [3.8, 4) is 0 Å². The molecule has 0 aromatic heterocycles. The van der Waals surface area contributed by atoms with Gasteiger partial charge in [0, 0.05) is 0 Å². The number of cyclic esters (lactones) is 1. The van der Waals surface area contributed by atoms with Gasteiger partial charge in [-0.25, -0.2) is 0 Å². The van der Waals surface area contributed by atoms with Crippen LogP contribution in [0, 0.1) is 0 Å². The molecule has 9 nitrogen and oxygen atoms in total. The summed E-state index contributed by atoms with van der Waals surface area (Å²) in [5.74, 6) is -0.557. The summed E-state index contributed by atoms with van der Waals surface area (Å²) in [7, 11) is 0. The molecule has 7 atom stereocenters. The predicted octanol–water partition coefficient (Wildman–Crippen LogP) is -3.52. The van der Waals surface area contributed by atoms with E-state index in [1.807, 2.05) is 0 Å². The molecule has 2 aliphatic rings. The van der Waals surface area contributed by atoms with E-state index in [0.29, 0.717) is 0 Å². The molecule has 0 aromatic rings. The Morgan fingerprint density at radius 3 is 2.30 bits per heavy atom. The lowest BCUT2D eigenvalue weighted by molar-refractivity contribution is -0.314. The molecule has 0 saturated carbocycles. The second kappa shape index (κ2) is 6.31. The third-order valence-electron chi connectivity index (χ3n) is 3.40. The highest BCUT2D eigenvalue weighted by molar-refractivity contribution is 5.72. The zero-order chi connectivity index (χ0) is 14.9. The molecule has 0 aliphatic carbocycles. The second-order valence-corrected chi connectivity index (χ2v) is 4.79. The van der Waals surface area contributed by atoms with Crippen LogP contribution in [0.3, 0.4) is 0 Å². The van der Waals surface area contributed by atoms with Crippen LogP contribution in [-0.2, 0) is 19.0 Å². The fraction of sp³-hybridized carbons (Fsp3) is 0.909. The van der Waals surface area contributed by atoms with Gasteiger partial charge in [-0.1, -0.05) is 0 Å². The zero-order valence-corrected chi connectivity index (χ0v) is 10.5. The van der Waals surface area contributed by atoms with Gasteiger partial charge in [-0.3, -0.25) is 4.79 Å². The smallest absolute Gasteiger partial charge is 0.309 e. The number of carbonyl (C=O) groups excluding carboxylic acids is 1. The highest BCUT2D eigenvalue weighted by atomic mass is 16.7. The molecule has 2 saturated heterocycles. The van der Waals surface area contributed by atoms with Crippen molar-refractivity contribution in [1.29, 1.82) is 0 Å². The normalized spacial score (nSPS) is 45.5. The number of hydrogen-bond donors (Lipinski definition) is 5. The molecule has 7 unspecified atom stereocenters. The Morgan fingerprint density at radius 2 is 1.70 bits per heavy atom. The summed E-state index contributed by atoms with van der Waals surface area (Å²) in [6.07, 6.45) is -8.88. The minimum atomic E-state index is -1.56. The van der Waals surface area contributed by atoms with Gasteiger partial charge < -0.3 is 39.7 Å². The molecule has 116 valence electrons. The average molecular weight is 294 g/mol. The molecule has 2 fully saturated rings. The summed E-state index contributed by atoms with van der Waals surface area (Å²) in [6.45, 7) is -1.03. The van der Waals surface area contributed by atoms with Gasteiger partial charge in [-0.15, -0.1) is 0 Å². The van der Waals surface area contributed by atoms with Crippen molar-refractivity contribution in [2.45, 2.75) is 49.3 Å². The van der Waals surface area contributed by atoms with Gasteiger partial charge in [0.15, 0.2) is 12.4 Å². The van der Waals surface area contributed by atoms with Crippen molar-refractivity contribution in [2.75, 3.05) is 13.2 Å². The lowest BCUT2D eigenvalue weighted by Gasteiger charge is -2.40. The molecule has 0 bridgehead atoms. The maximum atomic E-state index is 11.1. The molecule has 0 amide bonds. The molecule has 2 rings (SSSR count). The van der Waals surface area contributed by atoms with Crippen LogP contribution in [0.2, 0.25) is 0 Å². The lowest BCUT2D eigenvalue weighted by Crippen LogP contribution is -2.60. The third kappa shape index (κ3) is 2.93. The number of esters is 1. The minimum absolute atomic E-state index is 0.125. The molecule has 0 spiro atoms. The van der Waals surface area contributed by atoms with E-state index < -0.39 is 62.1 Å². The van der Waals surface area contributed by atoms with Crippen LogP contribution in [0.15, 0.2) is 0 Å². The molecule has 9 heteroatoms. The molecule has 20 heavy (non-hydrogen) atoms. The Bertz CT molecular complexity index is 347. The Kier molecular flexibility index (Phi) is 4.91. The number of hydrogen-bond acceptors (Lipinski definition) is 9. The SMILES string of the molecule is O=C1CC(OC2OC(CO)C(O)C(O)C2O)C(CO)O1. The van der Waals surface area contributed by atoms with E-state index in [0.717, 1.165) is 0 Å². The molecule has 0 aromatic carbocycles. The first kappa shape index (κ1) is 15.6. The van der Waals surface area contributed by atoms with Gasteiger partial charge in [-0.05, 0) is 0 Å². The highest BCUT2D eigenvalue weighted by Gasteiger charge is 2.47. The largest absolute Gasteiger partial charge is 0.457 e. The van der Waals surface area contributed by atoms with Crippen LogP contribution in [0.1, 0.15) is 6.42 Å². The van der Waals surface area contributed by atoms with E-state index in [1.54, 1.807) is 0 Å². The van der Waals surface area contributed by atoms with Gasteiger partial charge in [0.05, 0.1) is 19.6 Å². The number of ether oxygens (including phenoxy) is 3. The molecule has 2 heterocycles. The standard InChI is InChI=1S/C11H18O9/c12-2-5-4(1-7(14)18-5)19-11-10(17)9(16)8(15)6(3-13)20-11/h4-6,8-13,15-17H,1-3H2. The molecular formula is C11H18O9. The fourth-order valence-corrected chi connectivity index (χ4v) is 2.23. The molecular weight excluding hydrogens is 276 g/mol. The van der Waals surface area contributed by atoms with Gasteiger partial charge in [0.25, 0.3) is 0 Å². The molecule has 2 aliphatic heterocycles. The first-order chi connectivity index (χ1) is 9.47. The zero-order valence-electron chi connectivity index (χ0n) is 10.5. The van der Waals surface area contributed by atoms with Crippen LogP contribution >= 0.6 is 0 Å². The quantitative estimate of drug-likeness (QED) is 0.333. The fourth-order valence-electron chi connectivity index (χ4n) is 2.23. The summed E-state index contributed by atoms with van der Waals surface area (Å²) in [4.78, 5) is 11.1. The van der Waals surface area contributed by atoms with E-state index in [4.69, 9.17) is 24.4 Å². The highest BCUT2D eigenvalue weighted by Crippen LogP contribution is 2.26. The minimum Gasteiger partial charge on any atom is -0.457 e. The van der Waals surface area contributed by atoms with Crippen LogP contribution in [0.5, 0.6) is 0 Å². The van der Waals surface area contributed by atoms with Crippen molar-refractivity contribution >= 4 is 5.97 Å². The third-order valence-corrected chi connectivity index (χ3v) is 3.40. The summed E-state index contributed by atoms with van der Waals surface area (Å²) in [6, 6.07) is 0. The topological polar surface area (TPSA) is 146 Å². The number of rotatable bonds is 4. The van der Waals surface area contributed by atoms with Crippen LogP contribution in [0.25, 0.3) is 0 Å². The van der Waals surface area contributed by atoms with Crippen LogP contribution < -0.4 is 0 Å². The van der Waals surface area contributed by atoms with Gasteiger partial charge in [0.2, 0.25) is 0 Å². The van der Waals surface area contributed by atoms with Crippen molar-refractivity contribution in [1.82, 2.24) is 0 Å².